The fraction of sp³-hybridized carbons (Fsp3) is 0.455. The number of aryl methyl sites for hydroxylation is 1. The van der Waals surface area contributed by atoms with Gasteiger partial charge in [0, 0.05) is 29.4 Å². The Hall–Kier alpha value is -8.68. The van der Waals surface area contributed by atoms with Gasteiger partial charge in [-0.3, -0.25) is 9.59 Å². The van der Waals surface area contributed by atoms with E-state index in [0.717, 1.165) is 40.6 Å². The third-order valence-corrected chi connectivity index (χ3v) is 15.8. The molecule has 2 aromatic heterocycles. The van der Waals surface area contributed by atoms with Gasteiger partial charge in [0.1, 0.15) is 54.4 Å². The summed E-state index contributed by atoms with van der Waals surface area (Å²) in [7, 11) is 2.58. The number of fused-ring (bicyclic) bond motifs is 14. The molecule has 4 aliphatic heterocycles. The van der Waals surface area contributed by atoms with Gasteiger partial charge in [0.05, 0.1) is 56.0 Å². The predicted molar refractivity (Wildman–Crippen MR) is 323 cm³/mol. The summed E-state index contributed by atoms with van der Waals surface area (Å²) in [6, 6.07) is 27.3. The number of esters is 2. The lowest BCUT2D eigenvalue weighted by Crippen LogP contribution is -2.57. The van der Waals surface area contributed by atoms with Crippen molar-refractivity contribution in [1.29, 1.82) is 0 Å². The molecule has 0 unspecified atom stereocenters. The highest BCUT2D eigenvalue weighted by molar-refractivity contribution is 5.92. The van der Waals surface area contributed by atoms with Gasteiger partial charge in [-0.25, -0.2) is 39.1 Å². The zero-order chi connectivity index (χ0) is 61.9. The molecule has 4 aliphatic rings. The van der Waals surface area contributed by atoms with E-state index in [9.17, 15) is 28.8 Å². The lowest BCUT2D eigenvalue weighted by molar-refractivity contribution is -0.152. The van der Waals surface area contributed by atoms with E-state index in [0.29, 0.717) is 39.7 Å². The summed E-state index contributed by atoms with van der Waals surface area (Å²) in [5.74, 6) is -1.33. The number of benzene rings is 4. The van der Waals surface area contributed by atoms with Crippen LogP contribution in [0.4, 0.5) is 9.59 Å². The van der Waals surface area contributed by atoms with Gasteiger partial charge in [0.15, 0.2) is 0 Å². The molecule has 4 aromatic carbocycles. The van der Waals surface area contributed by atoms with Gasteiger partial charge < -0.3 is 48.9 Å². The number of rotatable bonds is 2. The Bertz CT molecular complexity index is 3570. The topological polar surface area (TPSA) is 240 Å². The van der Waals surface area contributed by atoms with Crippen LogP contribution in [0.25, 0.3) is 50.7 Å². The fourth-order valence-corrected chi connectivity index (χ4v) is 10.8. The van der Waals surface area contributed by atoms with Crippen LogP contribution in [0.5, 0.6) is 11.8 Å². The molecule has 4 amide bonds. The molecular formula is C66H78N8O12. The van der Waals surface area contributed by atoms with Gasteiger partial charge in [-0.05, 0) is 76.6 Å². The largest absolute Gasteiger partial charge is 0.471 e. The van der Waals surface area contributed by atoms with Crippen molar-refractivity contribution in [1.82, 2.24) is 40.4 Å². The van der Waals surface area contributed by atoms with Crippen LogP contribution < -0.4 is 20.1 Å². The summed E-state index contributed by atoms with van der Waals surface area (Å²) >= 11 is 0. The van der Waals surface area contributed by atoms with Gasteiger partial charge in [-0.1, -0.05) is 142 Å². The summed E-state index contributed by atoms with van der Waals surface area (Å²) in [5, 5.41) is 5.54. The first-order valence-corrected chi connectivity index (χ1v) is 29.1. The zero-order valence-corrected chi connectivity index (χ0v) is 51.1. The average molecular weight is 1180 g/mol. The SMILES string of the molecule is COC(=O)[C@@H]1C[C@@H]2CN1C(=O)[C@H](C(C)(C)C)NC(=O)OCC(C)(C)/C=C/c1cccc(c1)-c1nc3ccccc3nc1O2.COC(=O)[C@@H]1C[C@@H]2CN1C(=O)[C@H](C(C)(C)C)NC(=O)OCC(C)(C)CCc1cccc(c1)-c1nc3ccccc3nc1O2. The van der Waals surface area contributed by atoms with Crippen molar-refractivity contribution in [3.05, 3.63) is 114 Å². The molecule has 10 rings (SSSR count). The maximum absolute atomic E-state index is 14.0. The molecular weight excluding hydrogens is 1100 g/mol. The second-order valence-electron chi connectivity index (χ2n) is 26.1. The minimum Gasteiger partial charge on any atom is -0.471 e. The Morgan fingerprint density at radius 1 is 0.581 bits per heavy atom. The first-order valence-electron chi connectivity index (χ1n) is 29.1. The lowest BCUT2D eigenvalue weighted by Gasteiger charge is -2.35. The number of carbonyl (C=O) groups excluding carboxylic acids is 6. The molecule has 20 heteroatoms. The van der Waals surface area contributed by atoms with Crippen LogP contribution in [0.3, 0.4) is 0 Å². The Kier molecular flexibility index (Phi) is 18.1. The second-order valence-corrected chi connectivity index (χ2v) is 26.1. The summed E-state index contributed by atoms with van der Waals surface area (Å²) < 4.78 is 34.4. The van der Waals surface area contributed by atoms with E-state index in [1.807, 2.05) is 166 Å². The summed E-state index contributed by atoms with van der Waals surface area (Å²) in [4.78, 5) is 102. The number of ether oxygens (including phenoxy) is 6. The molecule has 2 saturated heterocycles. The van der Waals surface area contributed by atoms with Crippen molar-refractivity contribution >= 4 is 64.1 Å². The predicted octanol–water partition coefficient (Wildman–Crippen LogP) is 9.94. The molecule has 2 N–H and O–H groups in total. The number of carbonyl (C=O) groups is 6. The molecule has 20 nitrogen and oxygen atoms in total. The molecule has 0 spiro atoms. The number of cyclic esters (lactones) is 2. The summed E-state index contributed by atoms with van der Waals surface area (Å²) in [6.07, 6.45) is 3.30. The fourth-order valence-electron chi connectivity index (χ4n) is 10.8. The molecule has 2 fully saturated rings. The number of methoxy groups -OCH3 is 2. The van der Waals surface area contributed by atoms with Crippen LogP contribution in [0.2, 0.25) is 0 Å². The van der Waals surface area contributed by atoms with Crippen LogP contribution in [-0.4, -0.2) is 143 Å². The van der Waals surface area contributed by atoms with E-state index in [4.69, 9.17) is 48.4 Å². The minimum atomic E-state index is -0.973. The van der Waals surface area contributed by atoms with Gasteiger partial charge >= 0.3 is 24.1 Å². The van der Waals surface area contributed by atoms with E-state index in [2.05, 4.69) is 22.8 Å². The van der Waals surface area contributed by atoms with Crippen LogP contribution in [0, 0.1) is 21.7 Å². The number of hydrogen-bond donors (Lipinski definition) is 2. The number of para-hydroxylation sites is 4. The third-order valence-electron chi connectivity index (χ3n) is 15.8. The Morgan fingerprint density at radius 3 is 1.49 bits per heavy atom. The molecule has 0 radical (unpaired) electrons. The highest BCUT2D eigenvalue weighted by atomic mass is 16.6. The molecule has 6 heterocycles. The van der Waals surface area contributed by atoms with Crippen molar-refractivity contribution < 1.29 is 57.2 Å². The Morgan fingerprint density at radius 2 is 1.02 bits per heavy atom. The van der Waals surface area contributed by atoms with E-state index in [1.54, 1.807) is 0 Å². The van der Waals surface area contributed by atoms with E-state index < -0.39 is 88.6 Å². The number of nitrogens with one attached hydrogen (secondary N) is 2. The quantitative estimate of drug-likeness (QED) is 0.121. The highest BCUT2D eigenvalue weighted by Crippen LogP contribution is 2.37. The van der Waals surface area contributed by atoms with Crippen molar-refractivity contribution in [2.75, 3.05) is 40.5 Å². The third kappa shape index (κ3) is 14.5. The Balaban J connectivity index is 0.000000205. The van der Waals surface area contributed by atoms with Crippen LogP contribution in [0.1, 0.15) is 99.6 Å². The van der Waals surface area contributed by atoms with Crippen LogP contribution >= 0.6 is 0 Å². The molecule has 6 aromatic rings. The number of aromatic nitrogens is 4. The van der Waals surface area contributed by atoms with Crippen molar-refractivity contribution in [3.8, 4) is 34.3 Å². The van der Waals surface area contributed by atoms with E-state index in [1.165, 1.54) is 24.0 Å². The number of hydrogen-bond acceptors (Lipinski definition) is 16. The average Bonchev–Trinajstić information content (AvgIpc) is 1.82. The first kappa shape index (κ1) is 61.9. The zero-order valence-electron chi connectivity index (χ0n) is 51.1. The van der Waals surface area contributed by atoms with Crippen LogP contribution in [-0.2, 0) is 44.5 Å². The number of nitrogens with zero attached hydrogens (tertiary/aromatic N) is 6. The number of amides is 4. The highest BCUT2D eigenvalue weighted by Gasteiger charge is 2.49. The maximum atomic E-state index is 14.0. The molecule has 0 saturated carbocycles. The lowest BCUT2D eigenvalue weighted by atomic mass is 9.85. The maximum Gasteiger partial charge on any atom is 0.407 e. The van der Waals surface area contributed by atoms with Crippen LogP contribution in [0.15, 0.2) is 103 Å². The smallest absolute Gasteiger partial charge is 0.407 e. The molecule has 0 aliphatic carbocycles. The standard InChI is InChI=1S/C33H40N4O6.C33H38N4O6/c2*1-32(2,3)27-29(38)37-18-22(17-25(37)30(39)41-6)43-28-26(34-23-12-7-8-13-24(23)35-28)21-11-9-10-20(16-21)14-15-33(4,5)19-42-31(40)36-27/h7-13,16,22,25,27H,14-15,17-19H2,1-6H3,(H,36,40);7-16,22,25,27H,17-19H2,1-6H3,(H,36,40)/b;15-14+/t2*22-,25+,27-/m11/s1. The normalized spacial score (nSPS) is 23.0. The minimum absolute atomic E-state index is 0.0881. The van der Waals surface area contributed by atoms with Gasteiger partial charge in [-0.2, -0.15) is 0 Å². The molecule has 86 heavy (non-hydrogen) atoms. The van der Waals surface area contributed by atoms with Crippen molar-refractivity contribution in [3.63, 3.8) is 0 Å². The molecule has 6 atom stereocenters. The Labute approximate surface area is 501 Å². The van der Waals surface area contributed by atoms with E-state index >= 15 is 0 Å². The monoisotopic (exact) mass is 1170 g/mol. The summed E-state index contributed by atoms with van der Waals surface area (Å²) in [5.41, 5.74) is 5.40. The summed E-state index contributed by atoms with van der Waals surface area (Å²) in [6.45, 7) is 19.5. The molecule has 454 valence electrons. The van der Waals surface area contributed by atoms with Crippen molar-refractivity contribution in [2.45, 2.75) is 131 Å². The van der Waals surface area contributed by atoms with Crippen molar-refractivity contribution in [2.24, 2.45) is 21.7 Å². The number of alkyl carbamates (subject to hydrolysis) is 2. The van der Waals surface area contributed by atoms with Gasteiger partial charge in [-0.15, -0.1) is 0 Å². The first-order chi connectivity index (χ1) is 40.7. The molecule has 8 bridgehead atoms. The van der Waals surface area contributed by atoms with E-state index in [-0.39, 0.29) is 44.6 Å². The van der Waals surface area contributed by atoms with Gasteiger partial charge in [0.2, 0.25) is 23.6 Å². The van der Waals surface area contributed by atoms with Gasteiger partial charge in [0.25, 0.3) is 0 Å². The second kappa shape index (κ2) is 25.1.